The second-order valence-corrected chi connectivity index (χ2v) is 5.79. The van der Waals surface area contributed by atoms with Crippen LogP contribution < -0.4 is 4.74 Å². The molecule has 0 saturated heterocycles. The second-order valence-electron chi connectivity index (χ2n) is 5.79. The maximum atomic E-state index is 9.34. The molecule has 0 aliphatic heterocycles. The number of nitriles is 1. The van der Waals surface area contributed by atoms with Crippen LogP contribution in [0.3, 0.4) is 0 Å². The Morgan fingerprint density at radius 3 is 2.77 bits per heavy atom. The number of pyridine rings is 1. The molecule has 0 amide bonds. The zero-order valence-corrected chi connectivity index (χ0v) is 14.2. The highest BCUT2D eigenvalue weighted by molar-refractivity contribution is 5.79. The minimum Gasteiger partial charge on any atom is -0.437 e. The summed E-state index contributed by atoms with van der Waals surface area (Å²) in [6, 6.07) is 9.61. The van der Waals surface area contributed by atoms with E-state index < -0.39 is 0 Å². The van der Waals surface area contributed by atoms with Gasteiger partial charge in [-0.05, 0) is 43.2 Å². The number of nitrogens with zero attached hydrogens (tertiary/aromatic N) is 5. The molecule has 0 unspecified atom stereocenters. The highest BCUT2D eigenvalue weighted by atomic mass is 16.5. The van der Waals surface area contributed by atoms with Gasteiger partial charge in [0.1, 0.15) is 18.1 Å². The van der Waals surface area contributed by atoms with Gasteiger partial charge in [-0.2, -0.15) is 5.26 Å². The minimum atomic E-state index is 0.359. The number of imidazole rings is 1. The van der Waals surface area contributed by atoms with E-state index in [0.29, 0.717) is 22.8 Å². The van der Waals surface area contributed by atoms with Gasteiger partial charge < -0.3 is 9.72 Å². The highest BCUT2D eigenvalue weighted by Gasteiger charge is 2.14. The fourth-order valence-corrected chi connectivity index (χ4v) is 2.89. The average Bonchev–Trinajstić information content (AvgIpc) is 3.12. The molecule has 0 aliphatic rings. The molecule has 126 valence electrons. The molecule has 0 saturated carbocycles. The first-order chi connectivity index (χ1) is 12.7. The van der Waals surface area contributed by atoms with Crippen molar-refractivity contribution in [2.24, 2.45) is 0 Å². The van der Waals surface area contributed by atoms with Crippen LogP contribution in [0.25, 0.3) is 22.2 Å². The average molecular weight is 342 g/mol. The molecule has 0 bridgehead atoms. The van der Waals surface area contributed by atoms with Crippen LogP contribution in [0.2, 0.25) is 0 Å². The van der Waals surface area contributed by atoms with E-state index in [1.807, 2.05) is 38.1 Å². The number of rotatable bonds is 3. The van der Waals surface area contributed by atoms with Gasteiger partial charge in [-0.25, -0.2) is 19.9 Å². The van der Waals surface area contributed by atoms with Crippen LogP contribution in [-0.4, -0.2) is 24.9 Å². The Kier molecular flexibility index (Phi) is 3.78. The number of hydrogen-bond donors (Lipinski definition) is 1. The Morgan fingerprint density at radius 1 is 1.08 bits per heavy atom. The lowest BCUT2D eigenvalue weighted by Crippen LogP contribution is -1.98. The van der Waals surface area contributed by atoms with Crippen molar-refractivity contribution in [3.63, 3.8) is 0 Å². The monoisotopic (exact) mass is 342 g/mol. The minimum absolute atomic E-state index is 0.359. The van der Waals surface area contributed by atoms with Crippen LogP contribution in [0.4, 0.5) is 0 Å². The van der Waals surface area contributed by atoms with E-state index in [2.05, 4.69) is 31.0 Å². The predicted octanol–water partition coefficient (Wildman–Crippen LogP) is 3.70. The van der Waals surface area contributed by atoms with Gasteiger partial charge in [-0.3, -0.25) is 0 Å². The third-order valence-corrected chi connectivity index (χ3v) is 4.13. The molecular weight excluding hydrogens is 328 g/mol. The second kappa shape index (κ2) is 6.26. The van der Waals surface area contributed by atoms with Crippen LogP contribution in [-0.2, 0) is 0 Å². The van der Waals surface area contributed by atoms with Gasteiger partial charge in [0.2, 0.25) is 5.88 Å². The van der Waals surface area contributed by atoms with E-state index in [1.165, 1.54) is 6.33 Å². The predicted molar refractivity (Wildman–Crippen MR) is 95.6 cm³/mol. The fraction of sp³-hybridized carbons (Fsp3) is 0.105. The molecule has 4 rings (SSSR count). The van der Waals surface area contributed by atoms with Crippen molar-refractivity contribution in [1.29, 1.82) is 5.26 Å². The van der Waals surface area contributed by atoms with E-state index in [-0.39, 0.29) is 0 Å². The lowest BCUT2D eigenvalue weighted by molar-refractivity contribution is 0.468. The molecule has 1 N–H and O–H groups in total. The van der Waals surface area contributed by atoms with Crippen molar-refractivity contribution in [3.8, 4) is 28.8 Å². The van der Waals surface area contributed by atoms with Gasteiger partial charge in [0.05, 0.1) is 11.8 Å². The van der Waals surface area contributed by atoms with Gasteiger partial charge in [0.15, 0.2) is 11.2 Å². The Labute approximate surface area is 149 Å². The lowest BCUT2D eigenvalue weighted by atomic mass is 9.98. The maximum Gasteiger partial charge on any atom is 0.247 e. The zero-order valence-electron chi connectivity index (χ0n) is 14.2. The molecule has 0 spiro atoms. The summed E-state index contributed by atoms with van der Waals surface area (Å²) in [5.74, 6) is 1.08. The molecule has 4 aromatic rings. The van der Waals surface area contributed by atoms with Crippen LogP contribution in [0.1, 0.15) is 17.0 Å². The van der Waals surface area contributed by atoms with Crippen LogP contribution in [0.5, 0.6) is 11.6 Å². The van der Waals surface area contributed by atoms with E-state index in [1.54, 1.807) is 12.5 Å². The third-order valence-electron chi connectivity index (χ3n) is 4.13. The SMILES string of the molecule is Cc1cc(Oc2nccc3[nH]cnc23)ccc1-c1c(C)ncnc1C#N. The molecular formula is C19H14N6O. The van der Waals surface area contributed by atoms with Crippen LogP contribution in [0.15, 0.2) is 43.1 Å². The summed E-state index contributed by atoms with van der Waals surface area (Å²) in [5, 5.41) is 9.34. The number of aromatic nitrogens is 5. The molecule has 3 heterocycles. The van der Waals surface area contributed by atoms with Crippen molar-refractivity contribution in [3.05, 3.63) is 60.1 Å². The molecule has 7 nitrogen and oxygen atoms in total. The summed E-state index contributed by atoms with van der Waals surface area (Å²) in [6.07, 6.45) is 4.68. The number of aryl methyl sites for hydroxylation is 2. The normalized spacial score (nSPS) is 10.7. The summed E-state index contributed by atoms with van der Waals surface area (Å²) in [5.41, 5.74) is 5.25. The smallest absolute Gasteiger partial charge is 0.247 e. The van der Waals surface area contributed by atoms with Crippen LogP contribution in [0, 0.1) is 25.2 Å². The van der Waals surface area contributed by atoms with Crippen molar-refractivity contribution < 1.29 is 4.74 Å². The largest absolute Gasteiger partial charge is 0.437 e. The van der Waals surface area contributed by atoms with Gasteiger partial charge in [0, 0.05) is 17.5 Å². The molecule has 7 heteroatoms. The number of aromatic amines is 1. The standard InChI is InChI=1S/C19H14N6O/c1-11-7-13(26-19-18-15(5-6-21-19)23-10-25-18)3-4-14(11)17-12(2)22-9-24-16(17)8-20/h3-7,9-10H,1-2H3,(H,23,25). The summed E-state index contributed by atoms with van der Waals surface area (Å²) < 4.78 is 5.92. The quantitative estimate of drug-likeness (QED) is 0.609. The first kappa shape index (κ1) is 15.7. The number of benzene rings is 1. The Balaban J connectivity index is 1.74. The van der Waals surface area contributed by atoms with Crippen molar-refractivity contribution in [2.45, 2.75) is 13.8 Å². The summed E-state index contributed by atoms with van der Waals surface area (Å²) in [6.45, 7) is 3.82. The first-order valence-corrected chi connectivity index (χ1v) is 7.96. The number of fused-ring (bicyclic) bond motifs is 1. The lowest BCUT2D eigenvalue weighted by Gasteiger charge is -2.12. The first-order valence-electron chi connectivity index (χ1n) is 7.96. The maximum absolute atomic E-state index is 9.34. The molecule has 3 aromatic heterocycles. The zero-order chi connectivity index (χ0) is 18.1. The molecule has 1 aromatic carbocycles. The van der Waals surface area contributed by atoms with Gasteiger partial charge in [-0.1, -0.05) is 6.07 Å². The summed E-state index contributed by atoms with van der Waals surface area (Å²) in [4.78, 5) is 19.8. The molecule has 0 aliphatic carbocycles. The van der Waals surface area contributed by atoms with E-state index in [0.717, 1.165) is 27.9 Å². The topological polar surface area (TPSA) is 100 Å². The van der Waals surface area contributed by atoms with Gasteiger partial charge in [-0.15, -0.1) is 0 Å². The Hall–Kier alpha value is -3.79. The summed E-state index contributed by atoms with van der Waals surface area (Å²) in [7, 11) is 0. The molecule has 0 radical (unpaired) electrons. The van der Waals surface area contributed by atoms with Gasteiger partial charge >= 0.3 is 0 Å². The third kappa shape index (κ3) is 2.63. The number of ether oxygens (including phenoxy) is 1. The van der Waals surface area contributed by atoms with E-state index in [9.17, 15) is 5.26 Å². The number of H-pyrrole nitrogens is 1. The fourth-order valence-electron chi connectivity index (χ4n) is 2.89. The molecule has 0 atom stereocenters. The van der Waals surface area contributed by atoms with Gasteiger partial charge in [0.25, 0.3) is 0 Å². The Bertz CT molecular complexity index is 1160. The van der Waals surface area contributed by atoms with Crippen molar-refractivity contribution in [1.82, 2.24) is 24.9 Å². The van der Waals surface area contributed by atoms with E-state index >= 15 is 0 Å². The van der Waals surface area contributed by atoms with Crippen molar-refractivity contribution >= 4 is 11.0 Å². The summed E-state index contributed by atoms with van der Waals surface area (Å²) >= 11 is 0. The van der Waals surface area contributed by atoms with Crippen LogP contribution >= 0.6 is 0 Å². The number of nitrogens with one attached hydrogen (secondary N) is 1. The highest BCUT2D eigenvalue weighted by Crippen LogP contribution is 2.32. The molecule has 0 fully saturated rings. The molecule has 26 heavy (non-hydrogen) atoms. The van der Waals surface area contributed by atoms with Crippen molar-refractivity contribution in [2.75, 3.05) is 0 Å². The van der Waals surface area contributed by atoms with E-state index in [4.69, 9.17) is 4.74 Å². The number of hydrogen-bond acceptors (Lipinski definition) is 6. The Morgan fingerprint density at radius 2 is 1.96 bits per heavy atom.